The molecule has 1 aromatic carbocycles. The van der Waals surface area contributed by atoms with Gasteiger partial charge in [-0.2, -0.15) is 0 Å². The van der Waals surface area contributed by atoms with Gasteiger partial charge >= 0.3 is 0 Å². The van der Waals surface area contributed by atoms with E-state index >= 15 is 0 Å². The van der Waals surface area contributed by atoms with Crippen molar-refractivity contribution in [3.8, 4) is 17.1 Å². The van der Waals surface area contributed by atoms with Crippen molar-refractivity contribution >= 4 is 11.6 Å². The number of ether oxygens (including phenoxy) is 1. The molecule has 1 aromatic heterocycles. The molecule has 0 aliphatic carbocycles. The number of amides is 1. The van der Waals surface area contributed by atoms with Gasteiger partial charge in [-0.25, -0.2) is 9.97 Å². The number of hydrogen-bond acceptors (Lipinski definition) is 5. The van der Waals surface area contributed by atoms with Crippen molar-refractivity contribution in [2.24, 2.45) is 0 Å². The van der Waals surface area contributed by atoms with E-state index in [1.54, 1.807) is 13.1 Å². The minimum absolute atomic E-state index is 0.0502. The first-order valence-electron chi connectivity index (χ1n) is 9.50. The zero-order valence-corrected chi connectivity index (χ0v) is 16.6. The van der Waals surface area contributed by atoms with Crippen molar-refractivity contribution in [1.82, 2.24) is 20.6 Å². The summed E-state index contributed by atoms with van der Waals surface area (Å²) in [6.45, 7) is 11.3. The number of rotatable bonds is 7. The summed E-state index contributed by atoms with van der Waals surface area (Å²) < 4.78 is 5.74. The predicted molar refractivity (Wildman–Crippen MR) is 110 cm³/mol. The Morgan fingerprint density at radius 2 is 2.14 bits per heavy atom. The van der Waals surface area contributed by atoms with Gasteiger partial charge in [0.05, 0.1) is 18.0 Å². The third-order valence-electron chi connectivity index (χ3n) is 4.62. The van der Waals surface area contributed by atoms with E-state index in [0.29, 0.717) is 35.9 Å². The summed E-state index contributed by atoms with van der Waals surface area (Å²) in [5, 5.41) is 6.08. The van der Waals surface area contributed by atoms with Gasteiger partial charge in [-0.15, -0.1) is 0 Å². The Bertz CT molecular complexity index is 934. The lowest BCUT2D eigenvalue weighted by Crippen LogP contribution is -2.34. The summed E-state index contributed by atoms with van der Waals surface area (Å²) in [7, 11) is 0. The third-order valence-corrected chi connectivity index (χ3v) is 4.62. The predicted octanol–water partition coefficient (Wildman–Crippen LogP) is 3.60. The number of nitrogens with zero attached hydrogens (tertiary/aromatic N) is 2. The molecular weight excluding hydrogens is 352 g/mol. The molecule has 28 heavy (non-hydrogen) atoms. The van der Waals surface area contributed by atoms with E-state index in [0.717, 1.165) is 35.4 Å². The van der Waals surface area contributed by atoms with Crippen molar-refractivity contribution < 1.29 is 9.53 Å². The number of carbonyl (C=O) groups excluding carboxylic acids is 1. The number of hydrogen-bond donors (Lipinski definition) is 2. The van der Waals surface area contributed by atoms with E-state index < -0.39 is 0 Å². The molecule has 6 nitrogen and oxygen atoms in total. The average Bonchev–Trinajstić information content (AvgIpc) is 2.70. The average molecular weight is 378 g/mol. The number of benzene rings is 1. The highest BCUT2D eigenvalue weighted by Gasteiger charge is 2.17. The summed E-state index contributed by atoms with van der Waals surface area (Å²) in [4.78, 5) is 20.9. The Morgan fingerprint density at radius 1 is 1.32 bits per heavy atom. The Hall–Kier alpha value is -3.15. The lowest BCUT2D eigenvalue weighted by Gasteiger charge is -2.20. The zero-order chi connectivity index (χ0) is 20.1. The third kappa shape index (κ3) is 4.39. The van der Waals surface area contributed by atoms with Crippen molar-refractivity contribution in [2.45, 2.75) is 33.6 Å². The monoisotopic (exact) mass is 378 g/mol. The van der Waals surface area contributed by atoms with E-state index in [4.69, 9.17) is 4.74 Å². The lowest BCUT2D eigenvalue weighted by atomic mass is 10.1. The maximum Gasteiger partial charge on any atom is 0.248 e. The van der Waals surface area contributed by atoms with Gasteiger partial charge < -0.3 is 15.4 Å². The van der Waals surface area contributed by atoms with Crippen LogP contribution < -0.4 is 15.4 Å². The highest BCUT2D eigenvalue weighted by molar-refractivity contribution is 5.94. The Labute approximate surface area is 165 Å². The van der Waals surface area contributed by atoms with Gasteiger partial charge in [-0.3, -0.25) is 4.79 Å². The van der Waals surface area contributed by atoms with Gasteiger partial charge in [0.25, 0.3) is 0 Å². The smallest absolute Gasteiger partial charge is 0.248 e. The van der Waals surface area contributed by atoms with Crippen molar-refractivity contribution in [3.05, 3.63) is 59.6 Å². The molecule has 6 heteroatoms. The highest BCUT2D eigenvalue weighted by atomic mass is 16.5. The molecule has 0 saturated heterocycles. The molecule has 0 atom stereocenters. The van der Waals surface area contributed by atoms with E-state index in [1.165, 1.54) is 0 Å². The van der Waals surface area contributed by atoms with Gasteiger partial charge in [0.15, 0.2) is 5.82 Å². The van der Waals surface area contributed by atoms with E-state index in [-0.39, 0.29) is 5.91 Å². The largest absolute Gasteiger partial charge is 0.493 e. The van der Waals surface area contributed by atoms with Crippen molar-refractivity contribution in [2.75, 3.05) is 13.2 Å². The Morgan fingerprint density at radius 3 is 2.89 bits per heavy atom. The van der Waals surface area contributed by atoms with Crippen LogP contribution in [0.1, 0.15) is 37.9 Å². The summed E-state index contributed by atoms with van der Waals surface area (Å²) in [5.74, 6) is 1.45. The molecule has 0 saturated carbocycles. The molecule has 1 amide bonds. The van der Waals surface area contributed by atoms with Crippen LogP contribution in [0.5, 0.6) is 5.75 Å². The van der Waals surface area contributed by atoms with Crippen LogP contribution in [-0.4, -0.2) is 29.0 Å². The molecular formula is C22H26N4O2. The Balaban J connectivity index is 1.80. The van der Waals surface area contributed by atoms with E-state index in [9.17, 15) is 4.79 Å². The summed E-state index contributed by atoms with van der Waals surface area (Å²) in [5.41, 5.74) is 4.86. The van der Waals surface area contributed by atoms with Crippen LogP contribution in [0.2, 0.25) is 0 Å². The SMILES string of the molecule is C=C(NC1=C(C)C(=O)NCC1)c1ccnc(-c2ccc(OCCC)c(C)c2)n1. The van der Waals surface area contributed by atoms with Crippen LogP contribution in [0.3, 0.4) is 0 Å². The summed E-state index contributed by atoms with van der Waals surface area (Å²) in [6, 6.07) is 7.76. The molecule has 2 heterocycles. The molecule has 146 valence electrons. The molecule has 0 fully saturated rings. The number of aryl methyl sites for hydroxylation is 1. The normalized spacial score (nSPS) is 13.9. The minimum atomic E-state index is -0.0502. The second kappa shape index (κ2) is 8.69. The van der Waals surface area contributed by atoms with Crippen molar-refractivity contribution in [1.29, 1.82) is 0 Å². The van der Waals surface area contributed by atoms with Crippen LogP contribution in [0.15, 0.2) is 48.3 Å². The molecule has 0 bridgehead atoms. The van der Waals surface area contributed by atoms with Gasteiger partial charge in [0.1, 0.15) is 5.75 Å². The zero-order valence-electron chi connectivity index (χ0n) is 16.6. The standard InChI is InChI=1S/C22H26N4O2/c1-5-12-28-20-7-6-17(13-14(20)2)21-23-10-9-19(26-21)16(4)25-18-8-11-24-22(27)15(18)3/h6-7,9-10,13,25H,4-5,8,11-12H2,1-3H3,(H,24,27). The van der Waals surface area contributed by atoms with Crippen LogP contribution in [0, 0.1) is 6.92 Å². The fourth-order valence-electron chi connectivity index (χ4n) is 2.99. The minimum Gasteiger partial charge on any atom is -0.493 e. The number of aromatic nitrogens is 2. The molecule has 0 radical (unpaired) electrons. The molecule has 0 unspecified atom stereocenters. The van der Waals surface area contributed by atoms with E-state index in [1.807, 2.05) is 31.2 Å². The molecule has 2 N–H and O–H groups in total. The maximum atomic E-state index is 11.8. The lowest BCUT2D eigenvalue weighted by molar-refractivity contribution is -0.117. The van der Waals surface area contributed by atoms with Gasteiger partial charge in [-0.05, 0) is 50.1 Å². The quantitative estimate of drug-likeness (QED) is 0.770. The van der Waals surface area contributed by atoms with Crippen LogP contribution in [0.4, 0.5) is 0 Å². The number of nitrogens with one attached hydrogen (secondary N) is 2. The summed E-state index contributed by atoms with van der Waals surface area (Å²) >= 11 is 0. The topological polar surface area (TPSA) is 76.1 Å². The van der Waals surface area contributed by atoms with Gasteiger partial charge in [-0.1, -0.05) is 13.5 Å². The van der Waals surface area contributed by atoms with Gasteiger partial charge in [0, 0.05) is 36.0 Å². The fourth-order valence-corrected chi connectivity index (χ4v) is 2.99. The first kappa shape index (κ1) is 19.6. The molecule has 1 aliphatic heterocycles. The molecule has 1 aliphatic rings. The number of carbonyl (C=O) groups is 1. The first-order chi connectivity index (χ1) is 13.5. The first-order valence-corrected chi connectivity index (χ1v) is 9.50. The molecule has 3 rings (SSSR count). The molecule has 0 spiro atoms. The van der Waals surface area contributed by atoms with Crippen LogP contribution in [-0.2, 0) is 4.79 Å². The maximum absolute atomic E-state index is 11.8. The van der Waals surface area contributed by atoms with E-state index in [2.05, 4.69) is 34.1 Å². The van der Waals surface area contributed by atoms with Crippen molar-refractivity contribution in [3.63, 3.8) is 0 Å². The fraction of sp³-hybridized carbons (Fsp3) is 0.318. The summed E-state index contributed by atoms with van der Waals surface area (Å²) in [6.07, 6.45) is 3.43. The highest BCUT2D eigenvalue weighted by Crippen LogP contribution is 2.25. The van der Waals surface area contributed by atoms with Crippen LogP contribution in [0.25, 0.3) is 17.1 Å². The Kier molecular flexibility index (Phi) is 6.09. The van der Waals surface area contributed by atoms with Gasteiger partial charge in [0.2, 0.25) is 5.91 Å². The second-order valence-electron chi connectivity index (χ2n) is 6.81. The second-order valence-corrected chi connectivity index (χ2v) is 6.81. The molecule has 2 aromatic rings. The van der Waals surface area contributed by atoms with Crippen LogP contribution >= 0.6 is 0 Å².